The van der Waals surface area contributed by atoms with Crippen LogP contribution in [-0.4, -0.2) is 28.0 Å². The molecule has 0 fully saturated rings. The predicted octanol–water partition coefficient (Wildman–Crippen LogP) is 2.36. The Morgan fingerprint density at radius 2 is 2.10 bits per heavy atom. The van der Waals surface area contributed by atoms with Crippen molar-refractivity contribution in [3.8, 4) is 0 Å². The molecular formula is C14H21N5OS. The quantitative estimate of drug-likeness (QED) is 0.762. The van der Waals surface area contributed by atoms with Gasteiger partial charge in [0, 0.05) is 11.4 Å². The largest absolute Gasteiger partial charge is 0.368 e. The maximum absolute atomic E-state index is 11.5. The van der Waals surface area contributed by atoms with Gasteiger partial charge in [0.05, 0.1) is 5.39 Å². The topological polar surface area (TPSA) is 92.9 Å². The van der Waals surface area contributed by atoms with Gasteiger partial charge in [0.15, 0.2) is 0 Å². The van der Waals surface area contributed by atoms with Gasteiger partial charge in [-0.2, -0.15) is 4.98 Å². The molecule has 7 heteroatoms. The smallest absolute Gasteiger partial charge is 0.242 e. The van der Waals surface area contributed by atoms with E-state index in [0.29, 0.717) is 11.8 Å². The summed E-state index contributed by atoms with van der Waals surface area (Å²) in [6, 6.07) is 2.06. The zero-order valence-corrected chi connectivity index (χ0v) is 13.6. The summed E-state index contributed by atoms with van der Waals surface area (Å²) in [7, 11) is 0. The zero-order valence-electron chi connectivity index (χ0n) is 12.8. The van der Waals surface area contributed by atoms with Crippen LogP contribution in [0.25, 0.3) is 10.2 Å². The van der Waals surface area contributed by atoms with Crippen LogP contribution in [0.1, 0.15) is 32.6 Å². The van der Waals surface area contributed by atoms with Gasteiger partial charge in [-0.1, -0.05) is 6.92 Å². The van der Waals surface area contributed by atoms with E-state index in [9.17, 15) is 4.79 Å². The Kier molecular flexibility index (Phi) is 4.32. The monoisotopic (exact) mass is 307 g/mol. The summed E-state index contributed by atoms with van der Waals surface area (Å²) in [5, 5.41) is 7.17. The standard InChI is InChI=1S/C14H21N5OS/c1-5-8-7-9-10(19-14(3,4)12(15)20)17-13(16-6-2)18-11(9)21-8/h7H,5-6H2,1-4H3,(H2,15,20)(H2,16,17,18,19). The fourth-order valence-corrected chi connectivity index (χ4v) is 2.80. The maximum Gasteiger partial charge on any atom is 0.242 e. The van der Waals surface area contributed by atoms with E-state index in [2.05, 4.69) is 33.6 Å². The number of thiophene rings is 1. The number of hydrogen-bond donors (Lipinski definition) is 3. The van der Waals surface area contributed by atoms with Crippen molar-refractivity contribution in [3.63, 3.8) is 0 Å². The number of amides is 1. The lowest BCUT2D eigenvalue weighted by Crippen LogP contribution is -2.45. The number of carbonyl (C=O) groups is 1. The molecule has 2 aromatic rings. The Bertz CT molecular complexity index is 665. The Labute approximate surface area is 128 Å². The van der Waals surface area contributed by atoms with Crippen LogP contribution < -0.4 is 16.4 Å². The minimum atomic E-state index is -0.876. The van der Waals surface area contributed by atoms with E-state index in [1.807, 2.05) is 6.92 Å². The van der Waals surface area contributed by atoms with Crippen LogP contribution >= 0.6 is 11.3 Å². The average molecular weight is 307 g/mol. The number of nitrogens with zero attached hydrogens (tertiary/aromatic N) is 2. The molecule has 2 rings (SSSR count). The molecular weight excluding hydrogens is 286 g/mol. The lowest BCUT2D eigenvalue weighted by molar-refractivity contribution is -0.121. The summed E-state index contributed by atoms with van der Waals surface area (Å²) >= 11 is 1.64. The van der Waals surface area contributed by atoms with Crippen LogP contribution in [0.15, 0.2) is 6.07 Å². The van der Waals surface area contributed by atoms with Crippen LogP contribution in [0.2, 0.25) is 0 Å². The highest BCUT2D eigenvalue weighted by molar-refractivity contribution is 7.18. The summed E-state index contributed by atoms with van der Waals surface area (Å²) < 4.78 is 0. The fraction of sp³-hybridized carbons (Fsp3) is 0.500. The van der Waals surface area contributed by atoms with Gasteiger partial charge in [-0.25, -0.2) is 4.98 Å². The third kappa shape index (κ3) is 3.24. The first-order valence-corrected chi connectivity index (χ1v) is 7.81. The zero-order chi connectivity index (χ0) is 15.6. The molecule has 2 aromatic heterocycles. The highest BCUT2D eigenvalue weighted by Crippen LogP contribution is 2.31. The molecule has 0 saturated heterocycles. The van der Waals surface area contributed by atoms with Crippen molar-refractivity contribution in [1.29, 1.82) is 0 Å². The Morgan fingerprint density at radius 3 is 2.67 bits per heavy atom. The van der Waals surface area contributed by atoms with Crippen molar-refractivity contribution in [2.75, 3.05) is 17.2 Å². The number of carbonyl (C=O) groups excluding carboxylic acids is 1. The molecule has 0 unspecified atom stereocenters. The van der Waals surface area contributed by atoms with E-state index >= 15 is 0 Å². The van der Waals surface area contributed by atoms with Crippen molar-refractivity contribution in [2.24, 2.45) is 5.73 Å². The molecule has 2 heterocycles. The van der Waals surface area contributed by atoms with Crippen molar-refractivity contribution in [1.82, 2.24) is 9.97 Å². The highest BCUT2D eigenvalue weighted by atomic mass is 32.1. The summed E-state index contributed by atoms with van der Waals surface area (Å²) in [4.78, 5) is 22.7. The number of primary amides is 1. The number of nitrogens with one attached hydrogen (secondary N) is 2. The third-order valence-corrected chi connectivity index (χ3v) is 4.35. The molecule has 0 atom stereocenters. The van der Waals surface area contributed by atoms with Gasteiger partial charge in [-0.15, -0.1) is 11.3 Å². The van der Waals surface area contributed by atoms with Gasteiger partial charge in [0.2, 0.25) is 11.9 Å². The van der Waals surface area contributed by atoms with Crippen LogP contribution in [0, 0.1) is 0 Å². The SMILES string of the molecule is CCNc1nc(NC(C)(C)C(N)=O)c2cc(CC)sc2n1. The van der Waals surface area contributed by atoms with Gasteiger partial charge < -0.3 is 16.4 Å². The summed E-state index contributed by atoms with van der Waals surface area (Å²) in [6.07, 6.45) is 0.941. The second-order valence-electron chi connectivity index (χ2n) is 5.33. The predicted molar refractivity (Wildman–Crippen MR) is 87.9 cm³/mol. The van der Waals surface area contributed by atoms with Crippen molar-refractivity contribution >= 4 is 39.2 Å². The molecule has 0 spiro atoms. The van der Waals surface area contributed by atoms with E-state index in [1.54, 1.807) is 25.2 Å². The number of rotatable bonds is 6. The average Bonchev–Trinajstić information content (AvgIpc) is 2.82. The van der Waals surface area contributed by atoms with Crippen LogP contribution in [-0.2, 0) is 11.2 Å². The van der Waals surface area contributed by atoms with Crippen LogP contribution in [0.3, 0.4) is 0 Å². The van der Waals surface area contributed by atoms with Crippen molar-refractivity contribution in [2.45, 2.75) is 39.7 Å². The van der Waals surface area contributed by atoms with Crippen molar-refractivity contribution < 1.29 is 4.79 Å². The highest BCUT2D eigenvalue weighted by Gasteiger charge is 2.26. The Hall–Kier alpha value is -1.89. The number of fused-ring (bicyclic) bond motifs is 1. The second-order valence-corrected chi connectivity index (χ2v) is 6.44. The molecule has 21 heavy (non-hydrogen) atoms. The van der Waals surface area contributed by atoms with Gasteiger partial charge in [0.25, 0.3) is 0 Å². The molecule has 0 saturated carbocycles. The van der Waals surface area contributed by atoms with E-state index in [0.717, 1.165) is 23.2 Å². The number of aryl methyl sites for hydroxylation is 1. The normalized spacial score (nSPS) is 11.6. The van der Waals surface area contributed by atoms with Gasteiger partial charge in [-0.05, 0) is 33.3 Å². The number of nitrogens with two attached hydrogens (primary N) is 1. The second kappa shape index (κ2) is 5.85. The molecule has 6 nitrogen and oxygen atoms in total. The molecule has 114 valence electrons. The molecule has 0 aliphatic heterocycles. The molecule has 0 aliphatic carbocycles. The Balaban J connectivity index is 2.53. The molecule has 4 N–H and O–H groups in total. The Morgan fingerprint density at radius 1 is 1.38 bits per heavy atom. The van der Waals surface area contributed by atoms with Crippen LogP contribution in [0.5, 0.6) is 0 Å². The lowest BCUT2D eigenvalue weighted by Gasteiger charge is -2.23. The first-order chi connectivity index (χ1) is 9.87. The molecule has 0 radical (unpaired) electrons. The van der Waals surface area contributed by atoms with Crippen molar-refractivity contribution in [3.05, 3.63) is 10.9 Å². The minimum Gasteiger partial charge on any atom is -0.368 e. The first-order valence-electron chi connectivity index (χ1n) is 6.99. The number of aromatic nitrogens is 2. The molecule has 0 aliphatic rings. The van der Waals surface area contributed by atoms with Gasteiger partial charge in [0.1, 0.15) is 16.2 Å². The molecule has 0 aromatic carbocycles. The number of anilines is 2. The molecule has 1 amide bonds. The first kappa shape index (κ1) is 15.5. The van der Waals surface area contributed by atoms with E-state index in [4.69, 9.17) is 5.73 Å². The van der Waals surface area contributed by atoms with Crippen LogP contribution in [0.4, 0.5) is 11.8 Å². The fourth-order valence-electron chi connectivity index (χ4n) is 1.84. The summed E-state index contributed by atoms with van der Waals surface area (Å²) in [6.45, 7) is 8.30. The maximum atomic E-state index is 11.5. The van der Waals surface area contributed by atoms with E-state index < -0.39 is 11.4 Å². The minimum absolute atomic E-state index is 0.426. The third-order valence-electron chi connectivity index (χ3n) is 3.17. The van der Waals surface area contributed by atoms with E-state index in [1.165, 1.54) is 4.88 Å². The van der Waals surface area contributed by atoms with Gasteiger partial charge >= 0.3 is 0 Å². The van der Waals surface area contributed by atoms with E-state index in [-0.39, 0.29) is 0 Å². The summed E-state index contributed by atoms with van der Waals surface area (Å²) in [5.41, 5.74) is 4.56. The lowest BCUT2D eigenvalue weighted by atomic mass is 10.1. The summed E-state index contributed by atoms with van der Waals surface area (Å²) in [5.74, 6) is 0.762. The molecule has 0 bridgehead atoms. The van der Waals surface area contributed by atoms with Gasteiger partial charge in [-0.3, -0.25) is 4.79 Å². The number of hydrogen-bond acceptors (Lipinski definition) is 6.